The highest BCUT2D eigenvalue weighted by Gasteiger charge is 2.22. The summed E-state index contributed by atoms with van der Waals surface area (Å²) in [6.45, 7) is 0. The Morgan fingerprint density at radius 3 is 3.42 bits per heavy atom. The van der Waals surface area contributed by atoms with E-state index in [1.54, 1.807) is 4.88 Å². The second-order valence-electron chi connectivity index (χ2n) is 3.10. The minimum absolute atomic E-state index is 0.696. The molecular weight excluding hydrogens is 184 g/mol. The van der Waals surface area contributed by atoms with Gasteiger partial charge in [0.05, 0.1) is 0 Å². The first-order valence-corrected chi connectivity index (χ1v) is 5.81. The topological polar surface area (TPSA) is 0 Å². The van der Waals surface area contributed by atoms with Gasteiger partial charge < -0.3 is 0 Å². The van der Waals surface area contributed by atoms with E-state index in [2.05, 4.69) is 29.0 Å². The van der Waals surface area contributed by atoms with E-state index >= 15 is 0 Å². The van der Waals surface area contributed by atoms with E-state index in [4.69, 9.17) is 0 Å². The SMILES string of the molecule is C1=CC2Cc3sccc3C=C2S1. The van der Waals surface area contributed by atoms with E-state index < -0.39 is 0 Å². The minimum Gasteiger partial charge on any atom is -0.148 e. The standard InChI is InChI=1S/C10H8S2/c1-3-11-9-6-8-2-4-12-10(8)5-7(1)9/h1-5,8H,6H2. The number of allylic oxidation sites excluding steroid dienone is 2. The quantitative estimate of drug-likeness (QED) is 0.606. The first-order valence-electron chi connectivity index (χ1n) is 4.05. The smallest absolute Gasteiger partial charge is 0.0138 e. The van der Waals surface area contributed by atoms with Crippen molar-refractivity contribution in [3.8, 4) is 0 Å². The second-order valence-corrected chi connectivity index (χ2v) is 5.08. The fourth-order valence-electron chi connectivity index (χ4n) is 1.70. The average Bonchev–Trinajstić information content (AvgIpc) is 2.64. The molecule has 0 saturated heterocycles. The Morgan fingerprint density at radius 2 is 2.42 bits per heavy atom. The van der Waals surface area contributed by atoms with E-state index in [1.807, 2.05) is 23.1 Å². The van der Waals surface area contributed by atoms with Crippen molar-refractivity contribution in [2.24, 2.45) is 5.92 Å². The van der Waals surface area contributed by atoms with Gasteiger partial charge in [-0.3, -0.25) is 0 Å². The van der Waals surface area contributed by atoms with E-state index in [0.717, 1.165) is 0 Å². The lowest BCUT2D eigenvalue weighted by Crippen LogP contribution is -2.03. The van der Waals surface area contributed by atoms with Crippen molar-refractivity contribution < 1.29 is 0 Å². The highest BCUT2D eigenvalue weighted by molar-refractivity contribution is 8.06. The molecule has 12 heavy (non-hydrogen) atoms. The third-order valence-corrected chi connectivity index (χ3v) is 4.31. The number of rotatable bonds is 0. The van der Waals surface area contributed by atoms with E-state index in [1.165, 1.54) is 16.9 Å². The first kappa shape index (κ1) is 6.98. The summed E-state index contributed by atoms with van der Waals surface area (Å²) in [6, 6.07) is 2.22. The fraction of sp³-hybridized carbons (Fsp3) is 0.200. The largest absolute Gasteiger partial charge is 0.148 e. The molecule has 0 bridgehead atoms. The molecule has 1 unspecified atom stereocenters. The maximum Gasteiger partial charge on any atom is 0.0138 e. The maximum absolute atomic E-state index is 2.34. The summed E-state index contributed by atoms with van der Waals surface area (Å²) in [4.78, 5) is 3.08. The summed E-state index contributed by atoms with van der Waals surface area (Å²) >= 11 is 3.77. The number of hydrogen-bond acceptors (Lipinski definition) is 2. The lowest BCUT2D eigenvalue weighted by atomic mass is 9.96. The van der Waals surface area contributed by atoms with Gasteiger partial charge in [-0.2, -0.15) is 0 Å². The lowest BCUT2D eigenvalue weighted by Gasteiger charge is -2.15. The summed E-state index contributed by atoms with van der Waals surface area (Å²) in [5.41, 5.74) is 1.45. The summed E-state index contributed by atoms with van der Waals surface area (Å²) in [7, 11) is 0. The molecule has 60 valence electrons. The van der Waals surface area contributed by atoms with Gasteiger partial charge in [0.25, 0.3) is 0 Å². The Hall–Kier alpha value is -0.470. The summed E-state index contributed by atoms with van der Waals surface area (Å²) in [5, 5.41) is 4.41. The van der Waals surface area contributed by atoms with Crippen LogP contribution in [0.4, 0.5) is 0 Å². The molecule has 0 nitrogen and oxygen atoms in total. The molecule has 0 saturated carbocycles. The number of thiophene rings is 1. The summed E-state index contributed by atoms with van der Waals surface area (Å²) in [6.07, 6.45) is 5.88. The van der Waals surface area contributed by atoms with Crippen LogP contribution < -0.4 is 0 Å². The van der Waals surface area contributed by atoms with Gasteiger partial charge in [0.15, 0.2) is 0 Å². The van der Waals surface area contributed by atoms with Crippen LogP contribution in [0.25, 0.3) is 6.08 Å². The lowest BCUT2D eigenvalue weighted by molar-refractivity contribution is 0.805. The molecule has 0 N–H and O–H groups in total. The van der Waals surface area contributed by atoms with Crippen LogP contribution in [0.3, 0.4) is 0 Å². The number of thioether (sulfide) groups is 1. The Kier molecular flexibility index (Phi) is 1.46. The highest BCUT2D eigenvalue weighted by Crippen LogP contribution is 2.42. The Balaban J connectivity index is 2.13. The molecule has 0 fully saturated rings. The maximum atomic E-state index is 2.34. The van der Waals surface area contributed by atoms with Gasteiger partial charge in [-0.1, -0.05) is 6.08 Å². The van der Waals surface area contributed by atoms with E-state index in [9.17, 15) is 0 Å². The van der Waals surface area contributed by atoms with E-state index in [0.29, 0.717) is 5.92 Å². The molecule has 1 aliphatic heterocycles. The van der Waals surface area contributed by atoms with Gasteiger partial charge >= 0.3 is 0 Å². The van der Waals surface area contributed by atoms with Crippen molar-refractivity contribution in [2.45, 2.75) is 6.42 Å². The molecule has 2 aliphatic rings. The highest BCUT2D eigenvalue weighted by atomic mass is 32.2. The molecule has 1 aliphatic carbocycles. The zero-order chi connectivity index (χ0) is 7.97. The normalized spacial score (nSPS) is 25.0. The zero-order valence-electron chi connectivity index (χ0n) is 6.49. The van der Waals surface area contributed by atoms with Crippen LogP contribution in [0.2, 0.25) is 0 Å². The van der Waals surface area contributed by atoms with Crippen LogP contribution in [0.15, 0.2) is 27.8 Å². The van der Waals surface area contributed by atoms with Crippen molar-refractivity contribution in [1.82, 2.24) is 0 Å². The summed E-state index contributed by atoms with van der Waals surface area (Å²) in [5.74, 6) is 0.696. The van der Waals surface area contributed by atoms with Crippen molar-refractivity contribution in [3.05, 3.63) is 38.3 Å². The third-order valence-electron chi connectivity index (χ3n) is 2.36. The van der Waals surface area contributed by atoms with Gasteiger partial charge in [-0.15, -0.1) is 23.1 Å². The van der Waals surface area contributed by atoms with Crippen molar-refractivity contribution >= 4 is 29.2 Å². The molecule has 3 rings (SSSR count). The number of hydrogen-bond donors (Lipinski definition) is 0. The van der Waals surface area contributed by atoms with Crippen LogP contribution >= 0.6 is 23.1 Å². The monoisotopic (exact) mass is 192 g/mol. The molecule has 2 heteroatoms. The molecule has 2 heterocycles. The van der Waals surface area contributed by atoms with Gasteiger partial charge in [-0.25, -0.2) is 0 Å². The van der Waals surface area contributed by atoms with Gasteiger partial charge in [-0.05, 0) is 39.8 Å². The van der Waals surface area contributed by atoms with Crippen LogP contribution in [0, 0.1) is 5.92 Å². The minimum atomic E-state index is 0.696. The second kappa shape index (κ2) is 2.51. The molecule has 1 aromatic heterocycles. The Bertz CT molecular complexity index is 371. The Morgan fingerprint density at radius 1 is 1.42 bits per heavy atom. The van der Waals surface area contributed by atoms with Gasteiger partial charge in [0, 0.05) is 10.8 Å². The van der Waals surface area contributed by atoms with Crippen molar-refractivity contribution in [2.75, 3.05) is 0 Å². The van der Waals surface area contributed by atoms with Crippen LogP contribution in [0.1, 0.15) is 10.4 Å². The van der Waals surface area contributed by atoms with Crippen LogP contribution in [-0.4, -0.2) is 0 Å². The van der Waals surface area contributed by atoms with Crippen LogP contribution in [-0.2, 0) is 6.42 Å². The summed E-state index contributed by atoms with van der Waals surface area (Å²) < 4.78 is 0. The predicted octanol–water partition coefficient (Wildman–Crippen LogP) is 3.52. The molecule has 0 radical (unpaired) electrons. The molecule has 1 aromatic rings. The zero-order valence-corrected chi connectivity index (χ0v) is 8.12. The van der Waals surface area contributed by atoms with E-state index in [-0.39, 0.29) is 0 Å². The third kappa shape index (κ3) is 0.915. The van der Waals surface area contributed by atoms with Crippen molar-refractivity contribution in [3.63, 3.8) is 0 Å². The van der Waals surface area contributed by atoms with Crippen molar-refractivity contribution in [1.29, 1.82) is 0 Å². The molecule has 0 aromatic carbocycles. The molecular formula is C10H8S2. The molecule has 1 atom stereocenters. The Labute approximate surface area is 80.0 Å². The van der Waals surface area contributed by atoms with Gasteiger partial charge in [0.1, 0.15) is 0 Å². The molecule has 0 amide bonds. The molecule has 0 spiro atoms. The fourth-order valence-corrected chi connectivity index (χ4v) is 3.58. The van der Waals surface area contributed by atoms with Crippen LogP contribution in [0.5, 0.6) is 0 Å². The van der Waals surface area contributed by atoms with Gasteiger partial charge in [0.2, 0.25) is 0 Å². The average molecular weight is 192 g/mol. The predicted molar refractivity (Wildman–Crippen MR) is 56.2 cm³/mol. The first-order chi connectivity index (χ1) is 5.93. The number of fused-ring (bicyclic) bond motifs is 2.